The quantitative estimate of drug-likeness (QED) is 0.679. The van der Waals surface area contributed by atoms with Gasteiger partial charge in [0.2, 0.25) is 5.95 Å². The first-order chi connectivity index (χ1) is 11.8. The van der Waals surface area contributed by atoms with E-state index in [1.165, 1.54) is 6.20 Å². The zero-order valence-electron chi connectivity index (χ0n) is 12.7. The fourth-order valence-corrected chi connectivity index (χ4v) is 2.13. The van der Waals surface area contributed by atoms with Crippen molar-refractivity contribution in [2.45, 2.75) is 13.1 Å². The average Bonchev–Trinajstić information content (AvgIpc) is 2.94. The molecular formula is C15H11ClF3N5O. The average molecular weight is 370 g/mol. The molecule has 2 heterocycles. The van der Waals surface area contributed by atoms with Gasteiger partial charge in [-0.25, -0.2) is 4.98 Å². The summed E-state index contributed by atoms with van der Waals surface area (Å²) in [4.78, 5) is 8.12. The molecular weight excluding hydrogens is 359 g/mol. The molecule has 2 N–H and O–H groups in total. The van der Waals surface area contributed by atoms with E-state index < -0.39 is 11.7 Å². The largest absolute Gasteiger partial charge is 0.416 e. The normalized spacial score (nSPS) is 11.4. The van der Waals surface area contributed by atoms with E-state index in [0.717, 1.165) is 18.2 Å². The molecule has 0 spiro atoms. The van der Waals surface area contributed by atoms with Crippen molar-refractivity contribution in [2.24, 2.45) is 0 Å². The van der Waals surface area contributed by atoms with Crippen LogP contribution >= 0.6 is 11.6 Å². The van der Waals surface area contributed by atoms with E-state index >= 15 is 0 Å². The fourth-order valence-electron chi connectivity index (χ4n) is 1.96. The standard InChI is InChI=1S/C15H11ClF3N5O/c1-8-6-13(24-25-8)22-12-4-5-20-14(23-12)21-11-7-9(15(17,18)19)2-3-10(11)16/h2-7H,1H3,(H2,20,21,22,23,24). The number of hydrogen-bond acceptors (Lipinski definition) is 6. The van der Waals surface area contributed by atoms with Gasteiger partial charge in [0.15, 0.2) is 5.82 Å². The van der Waals surface area contributed by atoms with Gasteiger partial charge in [0.05, 0.1) is 16.3 Å². The Labute approximate surface area is 145 Å². The van der Waals surface area contributed by atoms with Crippen LogP contribution in [0.4, 0.5) is 36.4 Å². The third-order valence-corrected chi connectivity index (χ3v) is 3.41. The van der Waals surface area contributed by atoms with Crippen LogP contribution in [0, 0.1) is 6.92 Å². The molecule has 1 aromatic carbocycles. The molecule has 0 atom stereocenters. The highest BCUT2D eigenvalue weighted by atomic mass is 35.5. The van der Waals surface area contributed by atoms with E-state index in [1.807, 2.05) is 0 Å². The number of halogens is 4. The molecule has 2 aromatic heterocycles. The van der Waals surface area contributed by atoms with Crippen LogP contribution in [0.2, 0.25) is 5.02 Å². The Morgan fingerprint density at radius 1 is 1.08 bits per heavy atom. The number of rotatable bonds is 4. The highest BCUT2D eigenvalue weighted by Crippen LogP contribution is 2.34. The Morgan fingerprint density at radius 3 is 2.56 bits per heavy atom. The van der Waals surface area contributed by atoms with Crippen molar-refractivity contribution in [1.82, 2.24) is 15.1 Å². The molecule has 3 rings (SSSR count). The van der Waals surface area contributed by atoms with E-state index in [2.05, 4.69) is 25.8 Å². The number of nitrogens with zero attached hydrogens (tertiary/aromatic N) is 3. The first-order valence-corrected chi connectivity index (χ1v) is 7.36. The van der Waals surface area contributed by atoms with Crippen molar-refractivity contribution in [1.29, 1.82) is 0 Å². The maximum absolute atomic E-state index is 12.8. The Balaban J connectivity index is 1.82. The number of nitrogens with one attached hydrogen (secondary N) is 2. The van der Waals surface area contributed by atoms with Crippen molar-refractivity contribution in [3.05, 3.63) is 52.9 Å². The van der Waals surface area contributed by atoms with Gasteiger partial charge in [-0.2, -0.15) is 18.2 Å². The predicted molar refractivity (Wildman–Crippen MR) is 86.3 cm³/mol. The summed E-state index contributed by atoms with van der Waals surface area (Å²) in [6.07, 6.45) is -3.04. The molecule has 0 unspecified atom stereocenters. The van der Waals surface area contributed by atoms with Crippen LogP contribution in [0.3, 0.4) is 0 Å². The third-order valence-electron chi connectivity index (χ3n) is 3.08. The van der Waals surface area contributed by atoms with Crippen LogP contribution in [-0.2, 0) is 6.18 Å². The molecule has 0 saturated heterocycles. The van der Waals surface area contributed by atoms with Gasteiger partial charge in [-0.3, -0.25) is 0 Å². The first-order valence-electron chi connectivity index (χ1n) is 6.98. The number of anilines is 4. The summed E-state index contributed by atoms with van der Waals surface area (Å²) in [5.41, 5.74) is -0.780. The van der Waals surface area contributed by atoms with Gasteiger partial charge in [0.1, 0.15) is 11.6 Å². The molecule has 10 heteroatoms. The highest BCUT2D eigenvalue weighted by Gasteiger charge is 2.31. The number of alkyl halides is 3. The van der Waals surface area contributed by atoms with Gasteiger partial charge in [-0.05, 0) is 31.2 Å². The zero-order valence-corrected chi connectivity index (χ0v) is 13.5. The Morgan fingerprint density at radius 2 is 1.88 bits per heavy atom. The van der Waals surface area contributed by atoms with E-state index in [4.69, 9.17) is 16.1 Å². The molecule has 0 bridgehead atoms. The minimum absolute atomic E-state index is 0.0472. The summed E-state index contributed by atoms with van der Waals surface area (Å²) in [6.45, 7) is 1.74. The second kappa shape index (κ2) is 6.60. The van der Waals surface area contributed by atoms with Gasteiger partial charge in [0, 0.05) is 12.3 Å². The lowest BCUT2D eigenvalue weighted by molar-refractivity contribution is -0.137. The lowest BCUT2D eigenvalue weighted by Gasteiger charge is -2.12. The smallest absolute Gasteiger partial charge is 0.360 e. The minimum Gasteiger partial charge on any atom is -0.360 e. The summed E-state index contributed by atoms with van der Waals surface area (Å²) in [7, 11) is 0. The van der Waals surface area contributed by atoms with E-state index in [1.54, 1.807) is 19.1 Å². The summed E-state index contributed by atoms with van der Waals surface area (Å²) in [6, 6.07) is 6.20. The Hall–Kier alpha value is -2.81. The van der Waals surface area contributed by atoms with Gasteiger partial charge in [0.25, 0.3) is 0 Å². The molecule has 6 nitrogen and oxygen atoms in total. The lowest BCUT2D eigenvalue weighted by atomic mass is 10.2. The maximum Gasteiger partial charge on any atom is 0.416 e. The van der Waals surface area contributed by atoms with E-state index in [9.17, 15) is 13.2 Å². The van der Waals surface area contributed by atoms with Crippen molar-refractivity contribution in [3.63, 3.8) is 0 Å². The van der Waals surface area contributed by atoms with Crippen LogP contribution in [0.15, 0.2) is 41.1 Å². The highest BCUT2D eigenvalue weighted by molar-refractivity contribution is 6.33. The van der Waals surface area contributed by atoms with Crippen LogP contribution < -0.4 is 10.6 Å². The maximum atomic E-state index is 12.8. The molecule has 0 amide bonds. The van der Waals surface area contributed by atoms with Crippen molar-refractivity contribution in [2.75, 3.05) is 10.6 Å². The van der Waals surface area contributed by atoms with Gasteiger partial charge in [-0.15, -0.1) is 0 Å². The molecule has 0 aliphatic rings. The van der Waals surface area contributed by atoms with Gasteiger partial charge < -0.3 is 15.2 Å². The summed E-state index contributed by atoms with van der Waals surface area (Å²) in [5, 5.41) is 9.45. The second-order valence-corrected chi connectivity index (χ2v) is 5.44. The SMILES string of the molecule is Cc1cc(Nc2ccnc(Nc3cc(C(F)(F)F)ccc3Cl)n2)no1. The van der Waals surface area contributed by atoms with E-state index in [-0.39, 0.29) is 16.7 Å². The molecule has 0 aliphatic carbocycles. The first kappa shape index (κ1) is 17.0. The van der Waals surface area contributed by atoms with Crippen LogP contribution in [0.5, 0.6) is 0 Å². The summed E-state index contributed by atoms with van der Waals surface area (Å²) >= 11 is 5.95. The fraction of sp³-hybridized carbons (Fsp3) is 0.133. The number of aromatic nitrogens is 3. The third kappa shape index (κ3) is 4.18. The van der Waals surface area contributed by atoms with Gasteiger partial charge >= 0.3 is 6.18 Å². The molecule has 3 aromatic rings. The monoisotopic (exact) mass is 369 g/mol. The molecule has 25 heavy (non-hydrogen) atoms. The predicted octanol–water partition coefficient (Wildman–Crippen LogP) is 4.93. The van der Waals surface area contributed by atoms with Gasteiger partial charge in [-0.1, -0.05) is 16.8 Å². The molecule has 0 aliphatic heterocycles. The second-order valence-electron chi connectivity index (χ2n) is 5.03. The van der Waals surface area contributed by atoms with Crippen LogP contribution in [0.25, 0.3) is 0 Å². The number of aryl methyl sites for hydroxylation is 1. The molecule has 130 valence electrons. The van der Waals surface area contributed by atoms with Crippen molar-refractivity contribution >= 4 is 34.9 Å². The number of hydrogen-bond donors (Lipinski definition) is 2. The summed E-state index contributed by atoms with van der Waals surface area (Å²) < 4.78 is 43.4. The van der Waals surface area contributed by atoms with Crippen LogP contribution in [0.1, 0.15) is 11.3 Å². The molecule has 0 radical (unpaired) electrons. The Kier molecular flexibility index (Phi) is 4.49. The number of benzene rings is 1. The lowest BCUT2D eigenvalue weighted by Crippen LogP contribution is -2.06. The minimum atomic E-state index is -4.48. The van der Waals surface area contributed by atoms with E-state index in [0.29, 0.717) is 17.4 Å². The topological polar surface area (TPSA) is 75.9 Å². The van der Waals surface area contributed by atoms with Crippen molar-refractivity contribution in [3.8, 4) is 0 Å². The summed E-state index contributed by atoms with van der Waals surface area (Å²) in [5.74, 6) is 1.52. The Bertz CT molecular complexity index is 897. The molecule has 0 saturated carbocycles. The van der Waals surface area contributed by atoms with Crippen LogP contribution in [-0.4, -0.2) is 15.1 Å². The zero-order chi connectivity index (χ0) is 18.0. The molecule has 0 fully saturated rings. The van der Waals surface area contributed by atoms with Crippen molar-refractivity contribution < 1.29 is 17.7 Å².